The zero-order chi connectivity index (χ0) is 17.0. The van der Waals surface area contributed by atoms with E-state index in [1.807, 2.05) is 24.3 Å². The Balaban J connectivity index is 1.68. The van der Waals surface area contributed by atoms with Crippen LogP contribution in [-0.4, -0.2) is 34.5 Å². The van der Waals surface area contributed by atoms with E-state index in [-0.39, 0.29) is 6.79 Å². The maximum absolute atomic E-state index is 12.2. The SMILES string of the molecule is COC(=O)c1cc(-c2ccc3c(c2)OCO3)nc2cc(C3CC3)nn12. The molecule has 0 amide bonds. The van der Waals surface area contributed by atoms with E-state index < -0.39 is 5.97 Å². The van der Waals surface area contributed by atoms with Gasteiger partial charge in [0.25, 0.3) is 0 Å². The fraction of sp³-hybridized carbons (Fsp3) is 0.278. The molecule has 0 spiro atoms. The molecule has 25 heavy (non-hydrogen) atoms. The first-order chi connectivity index (χ1) is 12.2. The minimum atomic E-state index is -0.445. The molecule has 1 saturated carbocycles. The normalized spacial score (nSPS) is 15.6. The van der Waals surface area contributed by atoms with Crippen LogP contribution in [-0.2, 0) is 4.74 Å². The molecule has 3 aromatic rings. The fourth-order valence-corrected chi connectivity index (χ4v) is 3.02. The maximum atomic E-state index is 12.2. The molecule has 2 aliphatic rings. The number of rotatable bonds is 3. The molecule has 0 atom stereocenters. The van der Waals surface area contributed by atoms with E-state index in [1.54, 1.807) is 10.6 Å². The molecule has 0 unspecified atom stereocenters. The number of hydrogen-bond donors (Lipinski definition) is 0. The van der Waals surface area contributed by atoms with Crippen molar-refractivity contribution in [2.75, 3.05) is 13.9 Å². The molecule has 0 saturated heterocycles. The van der Waals surface area contributed by atoms with E-state index in [2.05, 4.69) is 10.1 Å². The molecule has 0 bridgehead atoms. The Hall–Kier alpha value is -3.09. The van der Waals surface area contributed by atoms with Gasteiger partial charge in [0.2, 0.25) is 6.79 Å². The number of carbonyl (C=O) groups is 1. The first kappa shape index (κ1) is 14.3. The van der Waals surface area contributed by atoms with E-state index in [0.717, 1.165) is 24.1 Å². The molecular weight excluding hydrogens is 322 g/mol. The summed E-state index contributed by atoms with van der Waals surface area (Å²) in [6.07, 6.45) is 2.26. The van der Waals surface area contributed by atoms with Crippen LogP contribution in [0.15, 0.2) is 30.3 Å². The summed E-state index contributed by atoms with van der Waals surface area (Å²) in [5, 5.41) is 4.54. The molecule has 1 fully saturated rings. The first-order valence-corrected chi connectivity index (χ1v) is 8.12. The Kier molecular flexibility index (Phi) is 2.97. The summed E-state index contributed by atoms with van der Waals surface area (Å²) in [4.78, 5) is 16.9. The standard InChI is InChI=1S/C18H15N3O4/c1-23-18(22)14-7-12(11-4-5-15-16(6-11)25-9-24-15)19-17-8-13(10-2-3-10)20-21(14)17/h4-8,10H,2-3,9H2,1H3. The van der Waals surface area contributed by atoms with Gasteiger partial charge < -0.3 is 14.2 Å². The summed E-state index contributed by atoms with van der Waals surface area (Å²) >= 11 is 0. The topological polar surface area (TPSA) is 75.0 Å². The molecule has 7 nitrogen and oxygen atoms in total. The third-order valence-electron chi connectivity index (χ3n) is 4.50. The average molecular weight is 337 g/mol. The van der Waals surface area contributed by atoms with Crippen molar-refractivity contribution in [2.24, 2.45) is 0 Å². The van der Waals surface area contributed by atoms with Crippen molar-refractivity contribution >= 4 is 11.6 Å². The second-order valence-corrected chi connectivity index (χ2v) is 6.20. The largest absolute Gasteiger partial charge is 0.464 e. The van der Waals surface area contributed by atoms with Crippen molar-refractivity contribution in [1.82, 2.24) is 14.6 Å². The number of esters is 1. The summed E-state index contributed by atoms with van der Waals surface area (Å²) in [7, 11) is 1.36. The van der Waals surface area contributed by atoms with Crippen molar-refractivity contribution in [3.05, 3.63) is 41.7 Å². The van der Waals surface area contributed by atoms with Crippen LogP contribution in [0.25, 0.3) is 16.9 Å². The average Bonchev–Trinajstić information content (AvgIpc) is 3.23. The molecule has 3 heterocycles. The number of aromatic nitrogens is 3. The highest BCUT2D eigenvalue weighted by Gasteiger charge is 2.28. The zero-order valence-electron chi connectivity index (χ0n) is 13.6. The lowest BCUT2D eigenvalue weighted by atomic mass is 10.1. The van der Waals surface area contributed by atoms with Gasteiger partial charge in [-0.15, -0.1) is 0 Å². The lowest BCUT2D eigenvalue weighted by Gasteiger charge is -2.07. The van der Waals surface area contributed by atoms with Gasteiger partial charge in [-0.25, -0.2) is 14.3 Å². The molecular formula is C18H15N3O4. The van der Waals surface area contributed by atoms with Crippen LogP contribution in [0.5, 0.6) is 11.5 Å². The van der Waals surface area contributed by atoms with Gasteiger partial charge in [0.1, 0.15) is 0 Å². The summed E-state index contributed by atoms with van der Waals surface area (Å²) in [6, 6.07) is 9.24. The number of hydrogen-bond acceptors (Lipinski definition) is 6. The Bertz CT molecular complexity index is 1010. The van der Waals surface area contributed by atoms with Crippen LogP contribution in [0.4, 0.5) is 0 Å². The Morgan fingerprint density at radius 1 is 1.20 bits per heavy atom. The second-order valence-electron chi connectivity index (χ2n) is 6.20. The highest BCUT2D eigenvalue weighted by atomic mass is 16.7. The maximum Gasteiger partial charge on any atom is 0.356 e. The van der Waals surface area contributed by atoms with Crippen LogP contribution in [0, 0.1) is 0 Å². The van der Waals surface area contributed by atoms with E-state index in [9.17, 15) is 4.79 Å². The number of ether oxygens (including phenoxy) is 3. The molecule has 5 rings (SSSR count). The van der Waals surface area contributed by atoms with Gasteiger partial charge in [-0.05, 0) is 37.1 Å². The number of fused-ring (bicyclic) bond motifs is 2. The fourth-order valence-electron chi connectivity index (χ4n) is 3.02. The number of nitrogens with zero attached hydrogens (tertiary/aromatic N) is 3. The van der Waals surface area contributed by atoms with Crippen molar-refractivity contribution in [3.8, 4) is 22.8 Å². The molecule has 7 heteroatoms. The van der Waals surface area contributed by atoms with Crippen LogP contribution in [0.2, 0.25) is 0 Å². The van der Waals surface area contributed by atoms with E-state index in [1.165, 1.54) is 7.11 Å². The third kappa shape index (κ3) is 2.31. The van der Waals surface area contributed by atoms with Gasteiger partial charge in [0, 0.05) is 17.5 Å². The summed E-state index contributed by atoms with van der Waals surface area (Å²) in [5.41, 5.74) is 3.46. The van der Waals surface area contributed by atoms with Gasteiger partial charge in [-0.1, -0.05) is 0 Å². The van der Waals surface area contributed by atoms with E-state index >= 15 is 0 Å². The van der Waals surface area contributed by atoms with Crippen molar-refractivity contribution < 1.29 is 19.0 Å². The van der Waals surface area contributed by atoms with E-state index in [0.29, 0.717) is 34.5 Å². The molecule has 0 N–H and O–H groups in total. The Morgan fingerprint density at radius 3 is 2.84 bits per heavy atom. The monoisotopic (exact) mass is 337 g/mol. The van der Waals surface area contributed by atoms with Crippen molar-refractivity contribution in [3.63, 3.8) is 0 Å². The number of carbonyl (C=O) groups excluding carboxylic acids is 1. The van der Waals surface area contributed by atoms with Crippen LogP contribution in [0.1, 0.15) is 34.9 Å². The van der Waals surface area contributed by atoms with E-state index in [4.69, 9.17) is 14.2 Å². The predicted octanol–water partition coefficient (Wildman–Crippen LogP) is 2.79. The summed E-state index contributed by atoms with van der Waals surface area (Å²) in [5.74, 6) is 1.41. The molecule has 1 aliphatic carbocycles. The van der Waals surface area contributed by atoms with Gasteiger partial charge in [-0.3, -0.25) is 0 Å². The van der Waals surface area contributed by atoms with Crippen LogP contribution >= 0.6 is 0 Å². The molecule has 126 valence electrons. The van der Waals surface area contributed by atoms with Crippen LogP contribution in [0.3, 0.4) is 0 Å². The molecule has 1 aromatic carbocycles. The van der Waals surface area contributed by atoms with Gasteiger partial charge in [-0.2, -0.15) is 5.10 Å². The summed E-state index contributed by atoms with van der Waals surface area (Å²) < 4.78 is 17.3. The molecule has 0 radical (unpaired) electrons. The highest BCUT2D eigenvalue weighted by Crippen LogP contribution is 2.40. The number of benzene rings is 1. The summed E-state index contributed by atoms with van der Waals surface area (Å²) in [6.45, 7) is 0.214. The smallest absolute Gasteiger partial charge is 0.356 e. The third-order valence-corrected chi connectivity index (χ3v) is 4.50. The zero-order valence-corrected chi connectivity index (χ0v) is 13.6. The number of methoxy groups -OCH3 is 1. The first-order valence-electron chi connectivity index (χ1n) is 8.12. The Morgan fingerprint density at radius 2 is 2.04 bits per heavy atom. The van der Waals surface area contributed by atoms with Gasteiger partial charge in [0.15, 0.2) is 22.8 Å². The molecule has 1 aliphatic heterocycles. The lowest BCUT2D eigenvalue weighted by molar-refractivity contribution is 0.0590. The van der Waals surface area contributed by atoms with Crippen LogP contribution < -0.4 is 9.47 Å². The molecule has 2 aromatic heterocycles. The van der Waals surface area contributed by atoms with Gasteiger partial charge >= 0.3 is 5.97 Å². The van der Waals surface area contributed by atoms with Crippen molar-refractivity contribution in [1.29, 1.82) is 0 Å². The van der Waals surface area contributed by atoms with Gasteiger partial charge in [0.05, 0.1) is 18.5 Å². The minimum absolute atomic E-state index is 0.214. The predicted molar refractivity (Wildman–Crippen MR) is 87.9 cm³/mol. The Labute approximate surface area is 143 Å². The quantitative estimate of drug-likeness (QED) is 0.684. The minimum Gasteiger partial charge on any atom is -0.464 e. The highest BCUT2D eigenvalue weighted by molar-refractivity contribution is 5.89. The second kappa shape index (κ2) is 5.20. The van der Waals surface area contributed by atoms with Crippen molar-refractivity contribution in [2.45, 2.75) is 18.8 Å². The lowest BCUT2D eigenvalue weighted by Crippen LogP contribution is -2.10.